The van der Waals surface area contributed by atoms with Crippen LogP contribution in [0, 0.1) is 0 Å². The Morgan fingerprint density at radius 3 is 2.46 bits per heavy atom. The molecule has 1 aliphatic heterocycles. The maximum absolute atomic E-state index is 12.5. The molecule has 0 aliphatic carbocycles. The number of phenolic OH excluding ortho intramolecular Hbond substituents is 1. The molecule has 0 spiro atoms. The van der Waals surface area contributed by atoms with E-state index in [1.165, 1.54) is 0 Å². The van der Waals surface area contributed by atoms with Gasteiger partial charge in [-0.15, -0.1) is 0 Å². The van der Waals surface area contributed by atoms with Crippen molar-refractivity contribution in [3.63, 3.8) is 0 Å². The SMILES string of the molecule is COc1ccc(-c2cc(CC3C(=O)Nc4ccccc43)c(O)cc2OC)cc1. The third-order valence-corrected chi connectivity index (χ3v) is 5.14. The normalized spacial score (nSPS) is 15.1. The Kier molecular flexibility index (Phi) is 4.65. The number of benzene rings is 3. The Hall–Kier alpha value is -3.47. The second-order valence-corrected chi connectivity index (χ2v) is 6.74. The zero-order chi connectivity index (χ0) is 19.7. The van der Waals surface area contributed by atoms with Crippen LogP contribution < -0.4 is 14.8 Å². The van der Waals surface area contributed by atoms with Crippen molar-refractivity contribution in [2.45, 2.75) is 12.3 Å². The zero-order valence-corrected chi connectivity index (χ0v) is 15.7. The van der Waals surface area contributed by atoms with Crippen LogP contribution in [0.3, 0.4) is 0 Å². The first kappa shape index (κ1) is 17.9. The third-order valence-electron chi connectivity index (χ3n) is 5.14. The quantitative estimate of drug-likeness (QED) is 0.695. The van der Waals surface area contributed by atoms with Gasteiger partial charge in [0.05, 0.1) is 20.1 Å². The highest BCUT2D eigenvalue weighted by atomic mass is 16.5. The monoisotopic (exact) mass is 375 g/mol. The van der Waals surface area contributed by atoms with E-state index in [9.17, 15) is 9.90 Å². The zero-order valence-electron chi connectivity index (χ0n) is 15.7. The first-order valence-corrected chi connectivity index (χ1v) is 9.05. The molecule has 142 valence electrons. The van der Waals surface area contributed by atoms with Crippen molar-refractivity contribution >= 4 is 11.6 Å². The van der Waals surface area contributed by atoms with E-state index in [4.69, 9.17) is 9.47 Å². The van der Waals surface area contributed by atoms with Gasteiger partial charge in [0, 0.05) is 17.3 Å². The summed E-state index contributed by atoms with van der Waals surface area (Å²) in [5, 5.41) is 13.4. The van der Waals surface area contributed by atoms with Gasteiger partial charge in [-0.05, 0) is 47.4 Å². The summed E-state index contributed by atoms with van der Waals surface area (Å²) in [4.78, 5) is 12.5. The number of aromatic hydroxyl groups is 1. The van der Waals surface area contributed by atoms with Crippen molar-refractivity contribution in [2.75, 3.05) is 19.5 Å². The summed E-state index contributed by atoms with van der Waals surface area (Å²) in [5.74, 6) is 1.07. The van der Waals surface area contributed by atoms with Crippen molar-refractivity contribution in [2.24, 2.45) is 0 Å². The number of nitrogens with one attached hydrogen (secondary N) is 1. The van der Waals surface area contributed by atoms with Gasteiger partial charge < -0.3 is 19.9 Å². The number of methoxy groups -OCH3 is 2. The van der Waals surface area contributed by atoms with E-state index in [0.717, 1.165) is 28.1 Å². The smallest absolute Gasteiger partial charge is 0.232 e. The molecule has 0 saturated heterocycles. The molecule has 1 atom stereocenters. The largest absolute Gasteiger partial charge is 0.508 e. The Balaban J connectivity index is 1.73. The summed E-state index contributed by atoms with van der Waals surface area (Å²) in [6.07, 6.45) is 0.405. The number of carbonyl (C=O) groups excluding carboxylic acids is 1. The summed E-state index contributed by atoms with van der Waals surface area (Å²) in [5.41, 5.74) is 4.28. The number of ether oxygens (including phenoxy) is 2. The van der Waals surface area contributed by atoms with Crippen LogP contribution in [-0.2, 0) is 11.2 Å². The molecule has 3 aromatic rings. The molecule has 4 rings (SSSR count). The maximum atomic E-state index is 12.5. The van der Waals surface area contributed by atoms with Crippen molar-refractivity contribution in [1.29, 1.82) is 0 Å². The molecule has 0 fully saturated rings. The van der Waals surface area contributed by atoms with E-state index in [1.807, 2.05) is 54.6 Å². The number of phenols is 1. The summed E-state index contributed by atoms with van der Waals surface area (Å²) >= 11 is 0. The molecule has 0 radical (unpaired) electrons. The molecule has 1 amide bonds. The fourth-order valence-electron chi connectivity index (χ4n) is 3.64. The molecule has 5 nitrogen and oxygen atoms in total. The summed E-state index contributed by atoms with van der Waals surface area (Å²) in [7, 11) is 3.20. The molecule has 5 heteroatoms. The van der Waals surface area contributed by atoms with Gasteiger partial charge in [-0.25, -0.2) is 0 Å². The number of rotatable bonds is 5. The van der Waals surface area contributed by atoms with E-state index < -0.39 is 0 Å². The number of amides is 1. The lowest BCUT2D eigenvalue weighted by molar-refractivity contribution is -0.117. The van der Waals surface area contributed by atoms with Gasteiger partial charge in [-0.2, -0.15) is 0 Å². The molecule has 0 saturated carbocycles. The Bertz CT molecular complexity index is 1030. The van der Waals surface area contributed by atoms with E-state index >= 15 is 0 Å². The molecule has 28 heavy (non-hydrogen) atoms. The van der Waals surface area contributed by atoms with E-state index in [0.29, 0.717) is 17.7 Å². The third kappa shape index (κ3) is 3.16. The molecular formula is C23H21NO4. The van der Waals surface area contributed by atoms with E-state index in [-0.39, 0.29) is 17.6 Å². The highest BCUT2D eigenvalue weighted by molar-refractivity contribution is 6.03. The van der Waals surface area contributed by atoms with Gasteiger partial charge in [0.25, 0.3) is 0 Å². The van der Waals surface area contributed by atoms with Gasteiger partial charge in [-0.1, -0.05) is 30.3 Å². The Morgan fingerprint density at radius 2 is 1.75 bits per heavy atom. The van der Waals surface area contributed by atoms with Crippen LogP contribution in [0.1, 0.15) is 17.0 Å². The molecular weight excluding hydrogens is 354 g/mol. The van der Waals surface area contributed by atoms with Gasteiger partial charge in [0.1, 0.15) is 17.2 Å². The molecule has 0 aromatic heterocycles. The van der Waals surface area contributed by atoms with Crippen molar-refractivity contribution < 1.29 is 19.4 Å². The highest BCUT2D eigenvalue weighted by Gasteiger charge is 2.31. The van der Waals surface area contributed by atoms with Crippen LogP contribution in [0.15, 0.2) is 60.7 Å². The number of hydrogen-bond acceptors (Lipinski definition) is 4. The van der Waals surface area contributed by atoms with Gasteiger partial charge in [0.15, 0.2) is 0 Å². The minimum Gasteiger partial charge on any atom is -0.508 e. The molecule has 1 heterocycles. The Labute approximate surface area is 163 Å². The van der Waals surface area contributed by atoms with Crippen LogP contribution in [0.5, 0.6) is 17.2 Å². The van der Waals surface area contributed by atoms with Crippen molar-refractivity contribution in [3.05, 3.63) is 71.8 Å². The minimum absolute atomic E-state index is 0.0533. The average Bonchev–Trinajstić information content (AvgIpc) is 3.04. The number of hydrogen-bond donors (Lipinski definition) is 2. The molecule has 2 N–H and O–H groups in total. The second-order valence-electron chi connectivity index (χ2n) is 6.74. The molecule has 3 aromatic carbocycles. The molecule has 1 unspecified atom stereocenters. The second kappa shape index (κ2) is 7.27. The van der Waals surface area contributed by atoms with Crippen LogP contribution in [0.2, 0.25) is 0 Å². The first-order chi connectivity index (χ1) is 13.6. The number of para-hydroxylation sites is 1. The first-order valence-electron chi connectivity index (χ1n) is 9.05. The van der Waals surface area contributed by atoms with Crippen LogP contribution in [0.25, 0.3) is 11.1 Å². The Morgan fingerprint density at radius 1 is 1.00 bits per heavy atom. The fourth-order valence-corrected chi connectivity index (χ4v) is 3.64. The fraction of sp³-hybridized carbons (Fsp3) is 0.174. The van der Waals surface area contributed by atoms with Gasteiger partial charge in [-0.3, -0.25) is 4.79 Å². The van der Waals surface area contributed by atoms with E-state index in [2.05, 4.69) is 5.32 Å². The lowest BCUT2D eigenvalue weighted by atomic mass is 9.91. The number of fused-ring (bicyclic) bond motifs is 1. The lowest BCUT2D eigenvalue weighted by Gasteiger charge is -2.15. The number of anilines is 1. The van der Waals surface area contributed by atoms with Crippen molar-refractivity contribution in [1.82, 2.24) is 0 Å². The molecule has 1 aliphatic rings. The maximum Gasteiger partial charge on any atom is 0.232 e. The number of carbonyl (C=O) groups is 1. The van der Waals surface area contributed by atoms with Gasteiger partial charge >= 0.3 is 0 Å². The predicted octanol–water partition coefficient (Wildman–Crippen LogP) is 4.35. The summed E-state index contributed by atoms with van der Waals surface area (Å²) in [6, 6.07) is 18.8. The van der Waals surface area contributed by atoms with Crippen LogP contribution >= 0.6 is 0 Å². The van der Waals surface area contributed by atoms with Crippen LogP contribution in [0.4, 0.5) is 5.69 Å². The standard InChI is InChI=1S/C23H21NO4/c1-27-16-9-7-14(8-10-16)18-11-15(21(25)13-22(18)28-2)12-19-17-5-3-4-6-20(17)24-23(19)26/h3-11,13,19,25H,12H2,1-2H3,(H,24,26). The van der Waals surface area contributed by atoms with Crippen molar-refractivity contribution in [3.8, 4) is 28.4 Å². The van der Waals surface area contributed by atoms with Crippen LogP contribution in [-0.4, -0.2) is 25.2 Å². The summed E-state index contributed by atoms with van der Waals surface area (Å²) in [6.45, 7) is 0. The topological polar surface area (TPSA) is 67.8 Å². The lowest BCUT2D eigenvalue weighted by Crippen LogP contribution is -2.14. The van der Waals surface area contributed by atoms with E-state index in [1.54, 1.807) is 20.3 Å². The summed E-state index contributed by atoms with van der Waals surface area (Å²) < 4.78 is 10.7. The average molecular weight is 375 g/mol. The highest BCUT2D eigenvalue weighted by Crippen LogP contribution is 2.40. The minimum atomic E-state index is -0.334. The predicted molar refractivity (Wildman–Crippen MR) is 108 cm³/mol. The van der Waals surface area contributed by atoms with Gasteiger partial charge in [0.2, 0.25) is 5.91 Å². The molecule has 0 bridgehead atoms.